The summed E-state index contributed by atoms with van der Waals surface area (Å²) in [4.78, 5) is 11.9. The molecule has 0 unspecified atom stereocenters. The summed E-state index contributed by atoms with van der Waals surface area (Å²) in [5.41, 5.74) is -1.08. The first-order chi connectivity index (χ1) is 13.0. The summed E-state index contributed by atoms with van der Waals surface area (Å²) in [6.07, 6.45) is -0.341. The first-order valence-corrected chi connectivity index (χ1v) is 10.6. The van der Waals surface area contributed by atoms with Gasteiger partial charge in [-0.05, 0) is 57.3 Å². The van der Waals surface area contributed by atoms with Gasteiger partial charge in [-0.3, -0.25) is 4.79 Å². The third kappa shape index (κ3) is 2.28. The highest BCUT2D eigenvalue weighted by molar-refractivity contribution is 5.95. The van der Waals surface area contributed by atoms with Gasteiger partial charge in [-0.25, -0.2) is 8.78 Å². The van der Waals surface area contributed by atoms with E-state index in [-0.39, 0.29) is 53.8 Å². The van der Waals surface area contributed by atoms with E-state index in [9.17, 15) is 14.3 Å². The van der Waals surface area contributed by atoms with Crippen LogP contribution in [-0.2, 0) is 14.3 Å². The predicted octanol–water partition coefficient (Wildman–Crippen LogP) is 3.86. The minimum atomic E-state index is -1.47. The molecule has 1 aliphatic heterocycles. The Morgan fingerprint density at radius 1 is 1.14 bits per heavy atom. The van der Waals surface area contributed by atoms with Crippen molar-refractivity contribution in [3.8, 4) is 0 Å². The van der Waals surface area contributed by atoms with Gasteiger partial charge in [-0.15, -0.1) is 0 Å². The summed E-state index contributed by atoms with van der Waals surface area (Å²) < 4.78 is 42.3. The molecule has 1 N–H and O–H groups in total. The Morgan fingerprint density at radius 2 is 1.86 bits per heavy atom. The summed E-state index contributed by atoms with van der Waals surface area (Å²) in [6.45, 7) is 7.81. The summed E-state index contributed by atoms with van der Waals surface area (Å²) >= 11 is 0. The van der Waals surface area contributed by atoms with Gasteiger partial charge < -0.3 is 14.6 Å². The topological polar surface area (TPSA) is 55.8 Å². The maximum Gasteiger partial charge on any atom is 0.191 e. The van der Waals surface area contributed by atoms with Crippen LogP contribution in [0.2, 0.25) is 0 Å². The van der Waals surface area contributed by atoms with Crippen LogP contribution in [0.5, 0.6) is 0 Å². The van der Waals surface area contributed by atoms with Gasteiger partial charge in [-0.1, -0.05) is 13.8 Å². The summed E-state index contributed by atoms with van der Waals surface area (Å²) in [7, 11) is 0. The number of rotatable bonds is 0. The number of hydrogen-bond acceptors (Lipinski definition) is 4. The number of Topliss-reactive ketones (excluding diaryl/α,β-unsaturated/α-hetero) is 1. The summed E-state index contributed by atoms with van der Waals surface area (Å²) in [6, 6.07) is 0. The third-order valence-electron chi connectivity index (χ3n) is 8.70. The van der Waals surface area contributed by atoms with Gasteiger partial charge >= 0.3 is 0 Å². The van der Waals surface area contributed by atoms with Gasteiger partial charge in [0.25, 0.3) is 0 Å². The first kappa shape index (κ1) is 19.1. The van der Waals surface area contributed by atoms with E-state index in [4.69, 9.17) is 9.47 Å². The summed E-state index contributed by atoms with van der Waals surface area (Å²) in [5.74, 6) is -2.28. The number of halogens is 2. The molecule has 0 aromatic carbocycles. The number of ether oxygens (including phenoxy) is 2. The molecule has 156 valence electrons. The van der Waals surface area contributed by atoms with Crippen molar-refractivity contribution in [3.63, 3.8) is 0 Å². The van der Waals surface area contributed by atoms with Crippen LogP contribution in [0.1, 0.15) is 59.8 Å². The molecule has 0 spiro atoms. The second-order valence-electron chi connectivity index (χ2n) is 10.7. The van der Waals surface area contributed by atoms with Crippen molar-refractivity contribution >= 4 is 5.78 Å². The molecule has 0 bridgehead atoms. The smallest absolute Gasteiger partial charge is 0.191 e. The zero-order valence-corrected chi connectivity index (χ0v) is 17.0. The molecule has 1 heterocycles. The van der Waals surface area contributed by atoms with E-state index in [1.54, 1.807) is 0 Å². The first-order valence-electron chi connectivity index (χ1n) is 10.6. The molecule has 5 rings (SSSR count). The van der Waals surface area contributed by atoms with Gasteiger partial charge in [-0.2, -0.15) is 0 Å². The third-order valence-corrected chi connectivity index (χ3v) is 8.70. The van der Waals surface area contributed by atoms with Crippen LogP contribution >= 0.6 is 0 Å². The Morgan fingerprint density at radius 3 is 2.57 bits per heavy atom. The van der Waals surface area contributed by atoms with Crippen LogP contribution in [0.15, 0.2) is 11.4 Å². The van der Waals surface area contributed by atoms with E-state index in [0.717, 1.165) is 6.42 Å². The Bertz CT molecular complexity index is 764. The number of alkyl halides is 1. The lowest BCUT2D eigenvalue weighted by Crippen LogP contribution is -2.59. The average molecular weight is 396 g/mol. The van der Waals surface area contributed by atoms with Crippen molar-refractivity contribution in [2.75, 3.05) is 0 Å². The second-order valence-corrected chi connectivity index (χ2v) is 10.7. The predicted molar refractivity (Wildman–Crippen MR) is 97.6 cm³/mol. The fraction of sp³-hybridized carbons (Fsp3) is 0.864. The molecule has 4 nitrogen and oxygen atoms in total. The maximum absolute atomic E-state index is 15.3. The number of carbonyl (C=O) groups is 1. The van der Waals surface area contributed by atoms with E-state index < -0.39 is 35.1 Å². The fourth-order valence-electron chi connectivity index (χ4n) is 7.77. The SMILES string of the molecule is CC1(C)O[C@@H]2[C@@H](C[C@H]3[C@@H]4C[C@H](F)C5=C(F)C(=O)CC[C@]5(C)[C@H]4[C@@H](O)C[C@]23C)O1. The largest absolute Gasteiger partial charge is 0.393 e. The van der Waals surface area contributed by atoms with E-state index in [1.807, 2.05) is 20.8 Å². The lowest BCUT2D eigenvalue weighted by molar-refractivity contribution is -0.201. The molecule has 0 radical (unpaired) electrons. The van der Waals surface area contributed by atoms with Crippen LogP contribution in [0.4, 0.5) is 8.78 Å². The molecule has 4 fully saturated rings. The molecule has 9 atom stereocenters. The average Bonchev–Trinajstić information content (AvgIpc) is 3.02. The van der Waals surface area contributed by atoms with Crippen LogP contribution in [-0.4, -0.2) is 41.2 Å². The van der Waals surface area contributed by atoms with Crippen molar-refractivity contribution in [2.45, 2.75) is 90.1 Å². The van der Waals surface area contributed by atoms with Crippen molar-refractivity contribution < 1.29 is 28.2 Å². The van der Waals surface area contributed by atoms with Crippen molar-refractivity contribution in [3.05, 3.63) is 11.4 Å². The number of ketones is 1. The molecule has 3 saturated carbocycles. The Balaban J connectivity index is 1.56. The van der Waals surface area contributed by atoms with Gasteiger partial charge in [0.05, 0.1) is 18.3 Å². The number of allylic oxidation sites excluding steroid dienone is 1. The number of fused-ring (bicyclic) bond motifs is 7. The van der Waals surface area contributed by atoms with E-state index in [0.29, 0.717) is 12.8 Å². The van der Waals surface area contributed by atoms with Crippen LogP contribution < -0.4 is 0 Å². The zero-order valence-electron chi connectivity index (χ0n) is 17.0. The highest BCUT2D eigenvalue weighted by atomic mass is 19.1. The number of hydrogen-bond donors (Lipinski definition) is 1. The Kier molecular flexibility index (Phi) is 3.85. The van der Waals surface area contributed by atoms with Crippen LogP contribution in [0, 0.1) is 28.6 Å². The highest BCUT2D eigenvalue weighted by Crippen LogP contribution is 2.68. The molecule has 0 aromatic heterocycles. The molecule has 28 heavy (non-hydrogen) atoms. The molecular formula is C22H30F2O4. The normalized spacial score (nSPS) is 54.8. The van der Waals surface area contributed by atoms with Crippen LogP contribution in [0.3, 0.4) is 0 Å². The van der Waals surface area contributed by atoms with Gasteiger partial charge in [0.2, 0.25) is 0 Å². The van der Waals surface area contributed by atoms with Gasteiger partial charge in [0.15, 0.2) is 17.4 Å². The van der Waals surface area contributed by atoms with E-state index >= 15 is 4.39 Å². The lowest BCUT2D eigenvalue weighted by Gasteiger charge is -2.60. The number of aliphatic hydroxyl groups is 1. The van der Waals surface area contributed by atoms with E-state index in [1.165, 1.54) is 0 Å². The van der Waals surface area contributed by atoms with Crippen molar-refractivity contribution in [2.24, 2.45) is 28.6 Å². The van der Waals surface area contributed by atoms with Gasteiger partial charge in [0.1, 0.15) is 6.17 Å². The quantitative estimate of drug-likeness (QED) is 0.676. The zero-order chi connectivity index (χ0) is 20.2. The molecule has 0 aromatic rings. The van der Waals surface area contributed by atoms with Crippen molar-refractivity contribution in [1.82, 2.24) is 0 Å². The lowest BCUT2D eigenvalue weighted by atomic mass is 9.46. The van der Waals surface area contributed by atoms with E-state index in [2.05, 4.69) is 6.92 Å². The minimum Gasteiger partial charge on any atom is -0.393 e. The molecule has 6 heteroatoms. The van der Waals surface area contributed by atoms with Crippen molar-refractivity contribution in [1.29, 1.82) is 0 Å². The molecule has 1 saturated heterocycles. The highest BCUT2D eigenvalue weighted by Gasteiger charge is 2.69. The Hall–Kier alpha value is -0.850. The molecule has 0 amide bonds. The number of carbonyl (C=O) groups excluding carboxylic acids is 1. The molecule has 4 aliphatic carbocycles. The molecular weight excluding hydrogens is 366 g/mol. The minimum absolute atomic E-state index is 0.0134. The van der Waals surface area contributed by atoms with Gasteiger partial charge in [0, 0.05) is 22.8 Å². The monoisotopic (exact) mass is 396 g/mol. The van der Waals surface area contributed by atoms with Crippen LogP contribution in [0.25, 0.3) is 0 Å². The summed E-state index contributed by atoms with van der Waals surface area (Å²) in [5, 5.41) is 11.3. The fourth-order valence-corrected chi connectivity index (χ4v) is 7.77. The maximum atomic E-state index is 15.3. The standard InChI is InChI=1S/C22H30F2O4/c1-20(2)27-15-8-11-10-7-12(23)17-18(24)13(25)5-6-21(17,3)16(10)14(26)9-22(11,4)19(15)28-20/h10-12,14-16,19,26H,5-9H2,1-4H3/t10-,11-,12-,14-,15+,16+,19+,21+,22-/m0/s1. The molecule has 5 aliphatic rings. The number of aliphatic hydroxyl groups excluding tert-OH is 1. The Labute approximate surface area is 164 Å². The second kappa shape index (κ2) is 5.64.